The minimum absolute atomic E-state index is 0.0915. The van der Waals surface area contributed by atoms with E-state index >= 15 is 0 Å². The summed E-state index contributed by atoms with van der Waals surface area (Å²) >= 11 is 0. The Morgan fingerprint density at radius 2 is 2.20 bits per heavy atom. The molecule has 0 spiro atoms. The molecule has 3 rings (SSSR count). The fourth-order valence-electron chi connectivity index (χ4n) is 3.02. The van der Waals surface area contributed by atoms with Gasteiger partial charge in [-0.1, -0.05) is 13.0 Å². The van der Waals surface area contributed by atoms with E-state index in [0.717, 1.165) is 18.4 Å². The first-order valence-electron chi connectivity index (χ1n) is 8.56. The van der Waals surface area contributed by atoms with Gasteiger partial charge in [0.1, 0.15) is 12.1 Å². The monoisotopic (exact) mass is 343 g/mol. The van der Waals surface area contributed by atoms with Crippen LogP contribution in [0.3, 0.4) is 0 Å². The minimum Gasteiger partial charge on any atom is -0.353 e. The predicted molar refractivity (Wildman–Crippen MR) is 93.9 cm³/mol. The average Bonchev–Trinajstić information content (AvgIpc) is 2.64. The number of rotatable bonds is 4. The molecule has 132 valence electrons. The largest absolute Gasteiger partial charge is 0.353 e. The molecule has 1 N–H and O–H groups in total. The molecule has 7 heteroatoms. The highest BCUT2D eigenvalue weighted by atomic mass is 19.1. The Hall–Kier alpha value is -2.57. The van der Waals surface area contributed by atoms with Crippen LogP contribution < -0.4 is 10.2 Å². The lowest BCUT2D eigenvalue weighted by Gasteiger charge is -2.33. The number of halogens is 1. The number of anilines is 2. The van der Waals surface area contributed by atoms with Crippen LogP contribution in [0.4, 0.5) is 16.0 Å². The first-order valence-corrected chi connectivity index (χ1v) is 8.56. The molecule has 3 heterocycles. The second-order valence-electron chi connectivity index (χ2n) is 6.31. The molecule has 0 saturated carbocycles. The van der Waals surface area contributed by atoms with E-state index in [0.29, 0.717) is 31.0 Å². The van der Waals surface area contributed by atoms with Gasteiger partial charge in [0.15, 0.2) is 11.6 Å². The van der Waals surface area contributed by atoms with Gasteiger partial charge >= 0.3 is 0 Å². The van der Waals surface area contributed by atoms with Gasteiger partial charge in [-0.25, -0.2) is 19.3 Å². The first kappa shape index (κ1) is 17.3. The van der Waals surface area contributed by atoms with Crippen LogP contribution in [0.5, 0.6) is 0 Å². The molecular weight excluding hydrogens is 321 g/mol. The van der Waals surface area contributed by atoms with Gasteiger partial charge in [0.25, 0.3) is 0 Å². The Morgan fingerprint density at radius 1 is 1.36 bits per heavy atom. The second-order valence-corrected chi connectivity index (χ2v) is 6.31. The average molecular weight is 343 g/mol. The summed E-state index contributed by atoms with van der Waals surface area (Å²) in [6, 6.07) is 3.68. The lowest BCUT2D eigenvalue weighted by atomic mass is 9.97. The van der Waals surface area contributed by atoms with Gasteiger partial charge in [-0.2, -0.15) is 0 Å². The summed E-state index contributed by atoms with van der Waals surface area (Å²) in [5.74, 6) is 0.126. The maximum absolute atomic E-state index is 14.5. The van der Waals surface area contributed by atoms with Crippen molar-refractivity contribution in [3.8, 4) is 0 Å². The van der Waals surface area contributed by atoms with E-state index in [4.69, 9.17) is 0 Å². The number of carbonyl (C=O) groups excluding carboxylic acids is 1. The van der Waals surface area contributed by atoms with Crippen LogP contribution in [0.25, 0.3) is 0 Å². The van der Waals surface area contributed by atoms with Crippen LogP contribution in [-0.2, 0) is 11.2 Å². The maximum Gasteiger partial charge on any atom is 0.230 e. The van der Waals surface area contributed by atoms with Gasteiger partial charge in [0.05, 0.1) is 11.6 Å². The number of hydrogen-bond donors (Lipinski definition) is 1. The third-order valence-corrected chi connectivity index (χ3v) is 4.43. The van der Waals surface area contributed by atoms with Crippen LogP contribution in [0.15, 0.2) is 24.7 Å². The number of aryl methyl sites for hydroxylation is 2. The molecule has 0 radical (unpaired) electrons. The molecule has 0 bridgehead atoms. The topological polar surface area (TPSA) is 71.0 Å². The number of piperidine rings is 1. The molecule has 1 atom stereocenters. The number of amides is 1. The molecule has 1 fully saturated rings. The summed E-state index contributed by atoms with van der Waals surface area (Å²) in [5.41, 5.74) is 1.44. The lowest BCUT2D eigenvalue weighted by molar-refractivity contribution is -0.120. The van der Waals surface area contributed by atoms with Crippen molar-refractivity contribution in [1.82, 2.24) is 15.0 Å². The van der Waals surface area contributed by atoms with Crippen molar-refractivity contribution in [2.45, 2.75) is 33.1 Å². The molecule has 2 aromatic heterocycles. The lowest BCUT2D eigenvalue weighted by Crippen LogP contribution is -2.41. The van der Waals surface area contributed by atoms with Gasteiger partial charge < -0.3 is 10.2 Å². The third-order valence-electron chi connectivity index (χ3n) is 4.43. The minimum atomic E-state index is -0.383. The quantitative estimate of drug-likeness (QED) is 0.924. The zero-order valence-corrected chi connectivity index (χ0v) is 14.5. The van der Waals surface area contributed by atoms with E-state index in [1.165, 1.54) is 6.33 Å². The normalized spacial score (nSPS) is 17.4. The molecule has 0 aliphatic carbocycles. The van der Waals surface area contributed by atoms with Crippen molar-refractivity contribution in [2.24, 2.45) is 5.92 Å². The molecule has 1 aliphatic rings. The van der Waals surface area contributed by atoms with Gasteiger partial charge in [0, 0.05) is 19.3 Å². The Labute approximate surface area is 146 Å². The molecular formula is C18H22FN5O. The highest BCUT2D eigenvalue weighted by Crippen LogP contribution is 2.25. The van der Waals surface area contributed by atoms with E-state index in [1.807, 2.05) is 24.8 Å². The van der Waals surface area contributed by atoms with E-state index in [2.05, 4.69) is 20.3 Å². The van der Waals surface area contributed by atoms with Crippen molar-refractivity contribution in [1.29, 1.82) is 0 Å². The SMILES string of the molecule is CCc1ncnc(N2CCCC(C(=O)Nc3ccc(C)cn3)C2)c1F. The fourth-order valence-corrected chi connectivity index (χ4v) is 3.02. The number of pyridine rings is 1. The van der Waals surface area contributed by atoms with E-state index in [-0.39, 0.29) is 23.5 Å². The summed E-state index contributed by atoms with van der Waals surface area (Å²) in [7, 11) is 0. The molecule has 1 aliphatic heterocycles. The van der Waals surface area contributed by atoms with Crippen molar-refractivity contribution >= 4 is 17.5 Å². The molecule has 25 heavy (non-hydrogen) atoms. The number of aromatic nitrogens is 3. The van der Waals surface area contributed by atoms with Crippen molar-refractivity contribution in [3.05, 3.63) is 41.7 Å². The van der Waals surface area contributed by atoms with Crippen molar-refractivity contribution in [3.63, 3.8) is 0 Å². The Morgan fingerprint density at radius 3 is 2.92 bits per heavy atom. The number of nitrogens with zero attached hydrogens (tertiary/aromatic N) is 4. The number of carbonyl (C=O) groups is 1. The van der Waals surface area contributed by atoms with Crippen LogP contribution in [0.2, 0.25) is 0 Å². The molecule has 0 aromatic carbocycles. The zero-order chi connectivity index (χ0) is 17.8. The standard InChI is InChI=1S/C18H22FN5O/c1-3-14-16(19)17(22-11-21-14)24-8-4-5-13(10-24)18(25)23-15-7-6-12(2)9-20-15/h6-7,9,11,13H,3-5,8,10H2,1-2H3,(H,20,23,25). The van der Waals surface area contributed by atoms with Gasteiger partial charge in [-0.15, -0.1) is 0 Å². The second kappa shape index (κ2) is 7.55. The molecule has 6 nitrogen and oxygen atoms in total. The summed E-state index contributed by atoms with van der Waals surface area (Å²) in [6.07, 6.45) is 5.19. The molecule has 1 unspecified atom stereocenters. The van der Waals surface area contributed by atoms with Gasteiger partial charge in [0.2, 0.25) is 5.91 Å². The molecule has 2 aromatic rings. The fraction of sp³-hybridized carbons (Fsp3) is 0.444. The van der Waals surface area contributed by atoms with E-state index in [1.54, 1.807) is 12.3 Å². The summed E-state index contributed by atoms with van der Waals surface area (Å²) < 4.78 is 14.5. The third kappa shape index (κ3) is 3.92. The van der Waals surface area contributed by atoms with Crippen molar-refractivity contribution in [2.75, 3.05) is 23.3 Å². The van der Waals surface area contributed by atoms with Crippen LogP contribution in [0, 0.1) is 18.7 Å². The Bertz CT molecular complexity index is 750. The van der Waals surface area contributed by atoms with Crippen molar-refractivity contribution < 1.29 is 9.18 Å². The van der Waals surface area contributed by atoms with Gasteiger partial charge in [-0.3, -0.25) is 4.79 Å². The zero-order valence-electron chi connectivity index (χ0n) is 14.5. The van der Waals surface area contributed by atoms with Crippen LogP contribution in [0.1, 0.15) is 31.0 Å². The van der Waals surface area contributed by atoms with E-state index < -0.39 is 0 Å². The summed E-state index contributed by atoms with van der Waals surface area (Å²) in [4.78, 5) is 26.6. The Kier molecular flexibility index (Phi) is 5.21. The Balaban J connectivity index is 1.70. The van der Waals surface area contributed by atoms with Gasteiger partial charge in [-0.05, 0) is 37.8 Å². The molecule has 1 amide bonds. The highest BCUT2D eigenvalue weighted by molar-refractivity contribution is 5.92. The highest BCUT2D eigenvalue weighted by Gasteiger charge is 2.28. The number of hydrogen-bond acceptors (Lipinski definition) is 5. The smallest absolute Gasteiger partial charge is 0.230 e. The van der Waals surface area contributed by atoms with Crippen LogP contribution >= 0.6 is 0 Å². The number of nitrogens with one attached hydrogen (secondary N) is 1. The summed E-state index contributed by atoms with van der Waals surface area (Å²) in [6.45, 7) is 4.92. The summed E-state index contributed by atoms with van der Waals surface area (Å²) in [5, 5.41) is 2.84. The first-order chi connectivity index (χ1) is 12.1. The maximum atomic E-state index is 14.5. The molecule has 1 saturated heterocycles. The van der Waals surface area contributed by atoms with E-state index in [9.17, 15) is 9.18 Å². The predicted octanol–water partition coefficient (Wildman–Crippen LogP) is 2.74. The van der Waals surface area contributed by atoms with Crippen LogP contribution in [-0.4, -0.2) is 33.9 Å².